The lowest BCUT2D eigenvalue weighted by Crippen LogP contribution is -2.06. The lowest BCUT2D eigenvalue weighted by atomic mass is 10.2. The molecule has 6 heteroatoms. The Kier molecular flexibility index (Phi) is 3.47. The number of anilines is 1. The van der Waals surface area contributed by atoms with Gasteiger partial charge in [-0.25, -0.2) is 4.98 Å². The van der Waals surface area contributed by atoms with Gasteiger partial charge in [-0.05, 0) is 32.0 Å². The highest BCUT2D eigenvalue weighted by molar-refractivity contribution is 7.09. The molecular formula is C14H15N5S. The van der Waals surface area contributed by atoms with E-state index in [4.69, 9.17) is 0 Å². The second kappa shape index (κ2) is 5.42. The summed E-state index contributed by atoms with van der Waals surface area (Å²) in [5, 5.41) is 11.2. The summed E-state index contributed by atoms with van der Waals surface area (Å²) in [6.07, 6.45) is 3.38. The first-order valence-electron chi connectivity index (χ1n) is 6.35. The quantitative estimate of drug-likeness (QED) is 0.799. The molecule has 2 aromatic heterocycles. The molecule has 0 fully saturated rings. The molecule has 0 aliphatic carbocycles. The normalized spacial score (nSPS) is 12.3. The van der Waals surface area contributed by atoms with Gasteiger partial charge in [-0.1, -0.05) is 6.07 Å². The third kappa shape index (κ3) is 2.55. The van der Waals surface area contributed by atoms with Crippen LogP contribution in [-0.4, -0.2) is 19.7 Å². The Labute approximate surface area is 121 Å². The molecule has 3 aromatic rings. The van der Waals surface area contributed by atoms with E-state index in [1.54, 1.807) is 24.0 Å². The fourth-order valence-corrected chi connectivity index (χ4v) is 2.94. The van der Waals surface area contributed by atoms with Crippen molar-refractivity contribution >= 4 is 17.0 Å². The molecule has 20 heavy (non-hydrogen) atoms. The molecule has 5 nitrogen and oxygen atoms in total. The summed E-state index contributed by atoms with van der Waals surface area (Å²) in [6, 6.07) is 8.41. The third-order valence-electron chi connectivity index (χ3n) is 3.12. The SMILES string of the molecule is Cc1ncsc1C(C)Nc1cccc(-n2cnnc2)c1. The monoisotopic (exact) mass is 285 g/mol. The topological polar surface area (TPSA) is 55.6 Å². The van der Waals surface area contributed by atoms with E-state index in [9.17, 15) is 0 Å². The summed E-state index contributed by atoms with van der Waals surface area (Å²) in [7, 11) is 0. The smallest absolute Gasteiger partial charge is 0.123 e. The summed E-state index contributed by atoms with van der Waals surface area (Å²) in [4.78, 5) is 5.56. The summed E-state index contributed by atoms with van der Waals surface area (Å²) < 4.78 is 1.88. The van der Waals surface area contributed by atoms with Gasteiger partial charge in [-0.2, -0.15) is 0 Å². The highest BCUT2D eigenvalue weighted by Crippen LogP contribution is 2.25. The molecule has 0 aliphatic heterocycles. The number of rotatable bonds is 4. The van der Waals surface area contributed by atoms with E-state index in [0.29, 0.717) is 0 Å². The molecule has 3 rings (SSSR count). The Morgan fingerprint density at radius 2 is 2.05 bits per heavy atom. The van der Waals surface area contributed by atoms with E-state index in [2.05, 4.69) is 39.6 Å². The van der Waals surface area contributed by atoms with Crippen LogP contribution in [0, 0.1) is 6.92 Å². The Hall–Kier alpha value is -2.21. The van der Waals surface area contributed by atoms with Gasteiger partial charge in [0.25, 0.3) is 0 Å². The Morgan fingerprint density at radius 3 is 2.75 bits per heavy atom. The van der Waals surface area contributed by atoms with E-state index in [1.165, 1.54) is 4.88 Å². The molecule has 1 N–H and O–H groups in total. The van der Waals surface area contributed by atoms with Gasteiger partial charge in [0.05, 0.1) is 22.9 Å². The van der Waals surface area contributed by atoms with Crippen LogP contribution in [0.15, 0.2) is 42.4 Å². The van der Waals surface area contributed by atoms with Gasteiger partial charge in [0.1, 0.15) is 12.7 Å². The van der Waals surface area contributed by atoms with Crippen LogP contribution in [0.4, 0.5) is 5.69 Å². The number of aryl methyl sites for hydroxylation is 1. The van der Waals surface area contributed by atoms with Crippen molar-refractivity contribution < 1.29 is 0 Å². The molecule has 0 saturated heterocycles. The Balaban J connectivity index is 1.81. The summed E-state index contributed by atoms with van der Waals surface area (Å²) in [5.74, 6) is 0. The van der Waals surface area contributed by atoms with Crippen molar-refractivity contribution in [2.24, 2.45) is 0 Å². The van der Waals surface area contributed by atoms with Crippen LogP contribution in [0.1, 0.15) is 23.5 Å². The van der Waals surface area contributed by atoms with Gasteiger partial charge in [0.2, 0.25) is 0 Å². The van der Waals surface area contributed by atoms with Crippen molar-refractivity contribution in [3.05, 3.63) is 53.0 Å². The molecular weight excluding hydrogens is 270 g/mol. The maximum Gasteiger partial charge on any atom is 0.123 e. The van der Waals surface area contributed by atoms with Gasteiger partial charge < -0.3 is 5.32 Å². The van der Waals surface area contributed by atoms with E-state index < -0.39 is 0 Å². The minimum Gasteiger partial charge on any atom is -0.378 e. The first-order valence-corrected chi connectivity index (χ1v) is 7.23. The zero-order valence-corrected chi connectivity index (χ0v) is 12.1. The molecule has 0 saturated carbocycles. The minimum absolute atomic E-state index is 0.235. The highest BCUT2D eigenvalue weighted by Gasteiger charge is 2.11. The number of hydrogen-bond acceptors (Lipinski definition) is 5. The predicted octanol–water partition coefficient (Wildman–Crippen LogP) is 3.21. The number of thiazole rings is 1. The lowest BCUT2D eigenvalue weighted by molar-refractivity contribution is 0.889. The highest BCUT2D eigenvalue weighted by atomic mass is 32.1. The maximum absolute atomic E-state index is 4.30. The van der Waals surface area contributed by atoms with Crippen LogP contribution in [0.2, 0.25) is 0 Å². The Bertz CT molecular complexity index is 689. The van der Waals surface area contributed by atoms with Crippen molar-refractivity contribution in [3.8, 4) is 5.69 Å². The van der Waals surface area contributed by atoms with Crippen LogP contribution in [0.25, 0.3) is 5.69 Å². The minimum atomic E-state index is 0.235. The molecule has 1 aromatic carbocycles. The van der Waals surface area contributed by atoms with Crippen LogP contribution >= 0.6 is 11.3 Å². The fraction of sp³-hybridized carbons (Fsp3) is 0.214. The molecule has 0 amide bonds. The van der Waals surface area contributed by atoms with Crippen LogP contribution in [-0.2, 0) is 0 Å². The summed E-state index contributed by atoms with van der Waals surface area (Å²) >= 11 is 1.68. The van der Waals surface area contributed by atoms with E-state index >= 15 is 0 Å². The molecule has 1 atom stereocenters. The molecule has 0 spiro atoms. The largest absolute Gasteiger partial charge is 0.378 e. The van der Waals surface area contributed by atoms with Crippen LogP contribution < -0.4 is 5.32 Å². The molecule has 0 aliphatic rings. The third-order valence-corrected chi connectivity index (χ3v) is 4.24. The van der Waals surface area contributed by atoms with Gasteiger partial charge in [-0.15, -0.1) is 21.5 Å². The number of nitrogens with zero attached hydrogens (tertiary/aromatic N) is 4. The number of nitrogens with one attached hydrogen (secondary N) is 1. The molecule has 2 heterocycles. The van der Waals surface area contributed by atoms with Crippen LogP contribution in [0.5, 0.6) is 0 Å². The van der Waals surface area contributed by atoms with E-state index in [0.717, 1.165) is 17.1 Å². The maximum atomic E-state index is 4.30. The lowest BCUT2D eigenvalue weighted by Gasteiger charge is -2.15. The number of benzene rings is 1. The first-order chi connectivity index (χ1) is 9.74. The second-order valence-electron chi connectivity index (χ2n) is 4.59. The Morgan fingerprint density at radius 1 is 1.25 bits per heavy atom. The molecule has 102 valence electrons. The van der Waals surface area contributed by atoms with Crippen molar-refractivity contribution in [2.45, 2.75) is 19.9 Å². The van der Waals surface area contributed by atoms with Gasteiger partial charge >= 0.3 is 0 Å². The number of hydrogen-bond donors (Lipinski definition) is 1. The van der Waals surface area contributed by atoms with E-state index in [1.807, 2.05) is 29.1 Å². The average Bonchev–Trinajstić information content (AvgIpc) is 3.09. The summed E-state index contributed by atoms with van der Waals surface area (Å²) in [6.45, 7) is 4.18. The summed E-state index contributed by atoms with van der Waals surface area (Å²) in [5.41, 5.74) is 5.07. The fourth-order valence-electron chi connectivity index (χ4n) is 2.13. The van der Waals surface area contributed by atoms with Crippen molar-refractivity contribution in [2.75, 3.05) is 5.32 Å². The van der Waals surface area contributed by atoms with Gasteiger partial charge in [-0.3, -0.25) is 4.57 Å². The molecule has 1 unspecified atom stereocenters. The zero-order chi connectivity index (χ0) is 13.9. The zero-order valence-electron chi connectivity index (χ0n) is 11.3. The van der Waals surface area contributed by atoms with Crippen LogP contribution in [0.3, 0.4) is 0 Å². The van der Waals surface area contributed by atoms with Crippen molar-refractivity contribution in [3.63, 3.8) is 0 Å². The number of aromatic nitrogens is 4. The first kappa shape index (κ1) is 12.8. The van der Waals surface area contributed by atoms with Crippen molar-refractivity contribution in [1.29, 1.82) is 0 Å². The average molecular weight is 285 g/mol. The van der Waals surface area contributed by atoms with Gasteiger partial charge in [0, 0.05) is 10.6 Å². The molecule has 0 radical (unpaired) electrons. The van der Waals surface area contributed by atoms with Crippen molar-refractivity contribution in [1.82, 2.24) is 19.7 Å². The van der Waals surface area contributed by atoms with Gasteiger partial charge in [0.15, 0.2) is 0 Å². The standard InChI is InChI=1S/C14H15N5S/c1-10-14(20-9-15-10)11(2)18-12-4-3-5-13(6-12)19-7-16-17-8-19/h3-9,11,18H,1-2H3. The second-order valence-corrected chi connectivity index (χ2v) is 5.47. The molecule has 0 bridgehead atoms. The van der Waals surface area contributed by atoms with E-state index in [-0.39, 0.29) is 6.04 Å². The predicted molar refractivity (Wildman–Crippen MR) is 80.2 cm³/mol.